The number of nitrogens with one attached hydrogen (secondary N) is 1. The first-order chi connectivity index (χ1) is 13.3. The zero-order valence-corrected chi connectivity index (χ0v) is 17.8. The lowest BCUT2D eigenvalue weighted by atomic mass is 10.0. The van der Waals surface area contributed by atoms with E-state index in [1.807, 2.05) is 0 Å². The van der Waals surface area contributed by atoms with E-state index in [0.29, 0.717) is 11.3 Å². The van der Waals surface area contributed by atoms with Gasteiger partial charge < -0.3 is 19.9 Å². The molecule has 0 radical (unpaired) electrons. The molecule has 8 nitrogen and oxygen atoms in total. The molecule has 2 rings (SSSR count). The number of fused-ring (bicyclic) bond motifs is 1. The third kappa shape index (κ3) is 6.45. The molecule has 2 atom stereocenters. The highest BCUT2D eigenvalue weighted by molar-refractivity contribution is 6.03. The van der Waals surface area contributed by atoms with Gasteiger partial charge in [0.15, 0.2) is 0 Å². The van der Waals surface area contributed by atoms with Gasteiger partial charge in [-0.1, -0.05) is 18.2 Å². The summed E-state index contributed by atoms with van der Waals surface area (Å²) < 4.78 is 10.6. The molecule has 0 aromatic heterocycles. The van der Waals surface area contributed by atoms with Gasteiger partial charge in [0.2, 0.25) is 5.91 Å². The average molecular weight is 406 g/mol. The second-order valence-electron chi connectivity index (χ2n) is 9.02. The second-order valence-corrected chi connectivity index (χ2v) is 9.02. The Balaban J connectivity index is 2.32. The number of ether oxygens (including phenoxy) is 2. The summed E-state index contributed by atoms with van der Waals surface area (Å²) >= 11 is 0. The molecule has 2 unspecified atom stereocenters. The predicted molar refractivity (Wildman–Crippen MR) is 107 cm³/mol. The Morgan fingerprint density at radius 3 is 2.28 bits per heavy atom. The van der Waals surface area contributed by atoms with E-state index in [0.717, 1.165) is 0 Å². The highest BCUT2D eigenvalue weighted by Crippen LogP contribution is 2.33. The summed E-state index contributed by atoms with van der Waals surface area (Å²) in [6.45, 7) is 9.99. The Morgan fingerprint density at radius 2 is 1.69 bits per heavy atom. The number of hydrogen-bond donors (Lipinski definition) is 2. The van der Waals surface area contributed by atoms with Crippen molar-refractivity contribution in [3.63, 3.8) is 0 Å². The minimum Gasteiger partial charge on any atom is -0.459 e. The van der Waals surface area contributed by atoms with Crippen molar-refractivity contribution in [2.24, 2.45) is 0 Å². The number of aliphatic hydroxyl groups is 1. The van der Waals surface area contributed by atoms with Gasteiger partial charge in [0.25, 0.3) is 0 Å². The van der Waals surface area contributed by atoms with Crippen LogP contribution in [0.2, 0.25) is 0 Å². The monoisotopic (exact) mass is 406 g/mol. The van der Waals surface area contributed by atoms with Crippen molar-refractivity contribution < 1.29 is 29.0 Å². The molecule has 1 aromatic rings. The number of rotatable bonds is 3. The highest BCUT2D eigenvalue weighted by Gasteiger charge is 2.37. The van der Waals surface area contributed by atoms with E-state index >= 15 is 0 Å². The van der Waals surface area contributed by atoms with Crippen molar-refractivity contribution in [3.8, 4) is 0 Å². The van der Waals surface area contributed by atoms with Gasteiger partial charge in [-0.25, -0.2) is 4.79 Å². The molecule has 1 aromatic carbocycles. The number of aliphatic hydroxyl groups excluding tert-OH is 1. The number of nitrogens with zero attached hydrogens (tertiary/aromatic N) is 1. The van der Waals surface area contributed by atoms with Crippen molar-refractivity contribution in [2.45, 2.75) is 71.3 Å². The molecule has 0 saturated carbocycles. The fourth-order valence-electron chi connectivity index (χ4n) is 3.01. The Labute approximate surface area is 171 Å². The van der Waals surface area contributed by atoms with Crippen molar-refractivity contribution in [3.05, 3.63) is 29.8 Å². The molecule has 0 fully saturated rings. The van der Waals surface area contributed by atoms with Crippen LogP contribution in [0.4, 0.5) is 10.5 Å². The van der Waals surface area contributed by atoms with Crippen LogP contribution in [0.5, 0.6) is 0 Å². The van der Waals surface area contributed by atoms with E-state index in [1.54, 1.807) is 65.8 Å². The molecule has 0 saturated heterocycles. The van der Waals surface area contributed by atoms with Crippen LogP contribution in [0.3, 0.4) is 0 Å². The maximum absolute atomic E-state index is 13.2. The van der Waals surface area contributed by atoms with E-state index in [4.69, 9.17) is 9.47 Å². The number of alkyl carbamates (subject to hydrolysis) is 1. The van der Waals surface area contributed by atoms with Gasteiger partial charge >= 0.3 is 12.1 Å². The number of para-hydroxylation sites is 1. The number of amides is 2. The van der Waals surface area contributed by atoms with E-state index in [2.05, 4.69) is 5.32 Å². The second kappa shape index (κ2) is 8.41. The van der Waals surface area contributed by atoms with Gasteiger partial charge in [0, 0.05) is 12.0 Å². The summed E-state index contributed by atoms with van der Waals surface area (Å²) in [5.41, 5.74) is -0.545. The van der Waals surface area contributed by atoms with Crippen LogP contribution >= 0.6 is 0 Å². The molecule has 160 valence electrons. The first-order valence-corrected chi connectivity index (χ1v) is 9.56. The first-order valence-electron chi connectivity index (χ1n) is 9.56. The van der Waals surface area contributed by atoms with Gasteiger partial charge in [0.05, 0.1) is 11.8 Å². The number of hydrogen-bond acceptors (Lipinski definition) is 6. The first kappa shape index (κ1) is 22.7. The molecule has 1 aliphatic rings. The van der Waals surface area contributed by atoms with Crippen LogP contribution in [0, 0.1) is 0 Å². The fourth-order valence-corrected chi connectivity index (χ4v) is 3.01. The van der Waals surface area contributed by atoms with Crippen LogP contribution in [0.1, 0.15) is 59.6 Å². The summed E-state index contributed by atoms with van der Waals surface area (Å²) in [5.74, 6) is -1.11. The van der Waals surface area contributed by atoms with Gasteiger partial charge in [-0.05, 0) is 47.6 Å². The summed E-state index contributed by atoms with van der Waals surface area (Å²) in [6, 6.07) is 5.72. The lowest BCUT2D eigenvalue weighted by molar-refractivity contribution is -0.153. The third-order valence-corrected chi connectivity index (χ3v) is 4.01. The normalized spacial score (nSPS) is 19.8. The smallest absolute Gasteiger partial charge is 0.408 e. The van der Waals surface area contributed by atoms with Crippen LogP contribution in [0.15, 0.2) is 24.3 Å². The zero-order chi connectivity index (χ0) is 22.0. The molecule has 8 heteroatoms. The molecule has 29 heavy (non-hydrogen) atoms. The maximum atomic E-state index is 13.2. The molecule has 0 spiro atoms. The zero-order valence-electron chi connectivity index (χ0n) is 17.8. The quantitative estimate of drug-likeness (QED) is 0.748. The Hall–Kier alpha value is -2.61. The van der Waals surface area contributed by atoms with E-state index in [1.165, 1.54) is 4.90 Å². The molecule has 2 amide bonds. The van der Waals surface area contributed by atoms with Gasteiger partial charge in [0.1, 0.15) is 23.8 Å². The number of carbonyl (C=O) groups excluding carboxylic acids is 3. The van der Waals surface area contributed by atoms with Crippen molar-refractivity contribution in [1.82, 2.24) is 5.32 Å². The molecule has 1 aliphatic heterocycles. The molecular formula is C21H30N2O6. The average Bonchev–Trinajstić information content (AvgIpc) is 2.63. The Bertz CT molecular complexity index is 778. The van der Waals surface area contributed by atoms with Crippen LogP contribution < -0.4 is 10.2 Å². The minimum absolute atomic E-state index is 0.0418. The number of carbonyl (C=O) groups is 3. The van der Waals surface area contributed by atoms with Crippen LogP contribution in [-0.2, 0) is 19.1 Å². The standard InChI is InChI=1S/C21H30N2O6/c1-20(2,3)28-17(25)12-23-15-10-8-7-9-13(15)16(24)11-14(18(23)26)22-19(27)29-21(4,5)6/h7-10,14,16,24H,11-12H2,1-6H3,(H,22,27). The lowest BCUT2D eigenvalue weighted by Crippen LogP contribution is -2.51. The third-order valence-electron chi connectivity index (χ3n) is 4.01. The summed E-state index contributed by atoms with van der Waals surface area (Å²) in [5, 5.41) is 13.1. The van der Waals surface area contributed by atoms with Crippen LogP contribution in [-0.4, -0.2) is 46.9 Å². The van der Waals surface area contributed by atoms with Gasteiger partial charge in [-0.3, -0.25) is 14.5 Å². The lowest BCUT2D eigenvalue weighted by Gasteiger charge is -2.28. The molecular weight excluding hydrogens is 376 g/mol. The summed E-state index contributed by atoms with van der Waals surface area (Å²) in [6.07, 6.45) is -1.81. The molecule has 0 bridgehead atoms. The topological polar surface area (TPSA) is 105 Å². The fraction of sp³-hybridized carbons (Fsp3) is 0.571. The Morgan fingerprint density at radius 1 is 1.10 bits per heavy atom. The number of esters is 1. The van der Waals surface area contributed by atoms with Crippen molar-refractivity contribution >= 4 is 23.7 Å². The predicted octanol–water partition coefficient (Wildman–Crippen LogP) is 2.69. The van der Waals surface area contributed by atoms with E-state index < -0.39 is 41.3 Å². The minimum atomic E-state index is -1.06. The summed E-state index contributed by atoms with van der Waals surface area (Å²) in [4.78, 5) is 39.0. The molecule has 1 heterocycles. The highest BCUT2D eigenvalue weighted by atomic mass is 16.6. The molecule has 0 aliphatic carbocycles. The van der Waals surface area contributed by atoms with Gasteiger partial charge in [-0.15, -0.1) is 0 Å². The Kier molecular flexibility index (Phi) is 6.57. The molecule has 2 N–H and O–H groups in total. The maximum Gasteiger partial charge on any atom is 0.408 e. The number of anilines is 1. The van der Waals surface area contributed by atoms with E-state index in [-0.39, 0.29) is 13.0 Å². The van der Waals surface area contributed by atoms with E-state index in [9.17, 15) is 19.5 Å². The SMILES string of the molecule is CC(C)(C)OC(=O)CN1C(=O)C(NC(=O)OC(C)(C)C)CC(O)c2ccccc21. The van der Waals surface area contributed by atoms with Crippen molar-refractivity contribution in [1.29, 1.82) is 0 Å². The van der Waals surface area contributed by atoms with Gasteiger partial charge in [-0.2, -0.15) is 0 Å². The summed E-state index contributed by atoms with van der Waals surface area (Å²) in [7, 11) is 0. The van der Waals surface area contributed by atoms with Crippen molar-refractivity contribution in [2.75, 3.05) is 11.4 Å². The van der Waals surface area contributed by atoms with Crippen LogP contribution in [0.25, 0.3) is 0 Å². The number of benzene rings is 1. The largest absolute Gasteiger partial charge is 0.459 e.